The normalized spacial score (nSPS) is 20.6. The van der Waals surface area contributed by atoms with Crippen molar-refractivity contribution >= 4 is 32.7 Å². The number of anilines is 1. The number of halogens is 3. The number of nitrogens with one attached hydrogen (secondary N) is 1. The highest BCUT2D eigenvalue weighted by molar-refractivity contribution is 7.90. The minimum absolute atomic E-state index is 0.00193. The van der Waals surface area contributed by atoms with E-state index in [2.05, 4.69) is 15.3 Å². The van der Waals surface area contributed by atoms with Gasteiger partial charge in [-0.05, 0) is 80.8 Å². The molecule has 2 unspecified atom stereocenters. The summed E-state index contributed by atoms with van der Waals surface area (Å²) in [6.07, 6.45) is 4.48. The van der Waals surface area contributed by atoms with Gasteiger partial charge in [0.05, 0.1) is 23.6 Å². The Morgan fingerprint density at radius 3 is 2.31 bits per heavy atom. The lowest BCUT2D eigenvalue weighted by molar-refractivity contribution is -0.148. The van der Waals surface area contributed by atoms with E-state index in [1.54, 1.807) is 31.2 Å². The first kappa shape index (κ1) is 31.7. The standard InChI is InChI=1S/C35H31F3N4O5S/c1-18-3-10-23(11-4-18)48(45,46)42-17-25(24-14-22(36)15-27(38)33(24)42)34-39-28(21-9-12-29(47-2)26(37)13-21)16-30(41-34)40-32-20-7-5-19(6-8-20)31(32)35(43)44/h3-4,9-17,19-20,31-32H,5-8H2,1-2H3,(H,43,44)(H,39,40,41). The number of aliphatic carboxylic acids is 1. The summed E-state index contributed by atoms with van der Waals surface area (Å²) in [5.74, 6) is -4.12. The summed E-state index contributed by atoms with van der Waals surface area (Å²) in [5, 5.41) is 13.4. The van der Waals surface area contributed by atoms with Gasteiger partial charge in [0, 0.05) is 40.9 Å². The lowest BCUT2D eigenvalue weighted by Gasteiger charge is -2.47. The molecule has 13 heteroatoms. The van der Waals surface area contributed by atoms with Crippen molar-refractivity contribution in [3.63, 3.8) is 0 Å². The number of carboxylic acid groups (broad SMARTS) is 1. The maximum atomic E-state index is 15.5. The first-order valence-corrected chi connectivity index (χ1v) is 16.9. The quantitative estimate of drug-likeness (QED) is 0.180. The molecule has 5 aromatic rings. The van der Waals surface area contributed by atoms with Crippen molar-refractivity contribution < 1.29 is 36.2 Å². The average Bonchev–Trinajstić information content (AvgIpc) is 3.46. The van der Waals surface area contributed by atoms with E-state index in [1.807, 2.05) is 0 Å². The Labute approximate surface area is 274 Å². The van der Waals surface area contributed by atoms with Crippen LogP contribution in [0.3, 0.4) is 0 Å². The molecule has 0 radical (unpaired) electrons. The fourth-order valence-electron chi connectivity index (χ4n) is 7.24. The van der Waals surface area contributed by atoms with Crippen LogP contribution in [0.5, 0.6) is 5.75 Å². The van der Waals surface area contributed by atoms with Crippen molar-refractivity contribution in [3.8, 4) is 28.4 Å². The molecular weight excluding hydrogens is 645 g/mol. The summed E-state index contributed by atoms with van der Waals surface area (Å²) in [6, 6.07) is 12.9. The van der Waals surface area contributed by atoms with Crippen LogP contribution in [-0.4, -0.2) is 46.6 Å². The zero-order valence-electron chi connectivity index (χ0n) is 26.0. The molecule has 8 rings (SSSR count). The third kappa shape index (κ3) is 5.45. The second kappa shape index (κ2) is 12.0. The van der Waals surface area contributed by atoms with Crippen molar-refractivity contribution in [3.05, 3.63) is 89.9 Å². The van der Waals surface area contributed by atoms with E-state index in [9.17, 15) is 27.1 Å². The third-order valence-electron chi connectivity index (χ3n) is 9.60. The number of hydrogen-bond donors (Lipinski definition) is 2. The van der Waals surface area contributed by atoms with Crippen LogP contribution in [0.4, 0.5) is 19.0 Å². The Bertz CT molecular complexity index is 2180. The van der Waals surface area contributed by atoms with Crippen LogP contribution in [0.1, 0.15) is 31.2 Å². The number of methoxy groups -OCH3 is 1. The van der Waals surface area contributed by atoms with Crippen LogP contribution in [-0.2, 0) is 14.8 Å². The molecule has 2 aromatic heterocycles. The summed E-state index contributed by atoms with van der Waals surface area (Å²) in [7, 11) is -3.05. The van der Waals surface area contributed by atoms with Gasteiger partial charge in [0.2, 0.25) is 0 Å². The monoisotopic (exact) mass is 676 g/mol. The maximum Gasteiger partial charge on any atom is 0.308 e. The molecule has 3 saturated carbocycles. The number of ether oxygens (including phenoxy) is 1. The summed E-state index contributed by atoms with van der Waals surface area (Å²) in [6.45, 7) is 1.80. The molecule has 0 saturated heterocycles. The molecule has 3 aromatic carbocycles. The maximum absolute atomic E-state index is 15.5. The van der Waals surface area contributed by atoms with Gasteiger partial charge < -0.3 is 15.2 Å². The summed E-state index contributed by atoms with van der Waals surface area (Å²) in [4.78, 5) is 21.6. The molecule has 48 heavy (non-hydrogen) atoms. The Balaban J connectivity index is 1.43. The predicted octanol–water partition coefficient (Wildman–Crippen LogP) is 7.04. The molecule has 2 bridgehead atoms. The van der Waals surface area contributed by atoms with Crippen molar-refractivity contribution in [2.45, 2.75) is 43.5 Å². The number of aryl methyl sites for hydroxylation is 1. The first-order chi connectivity index (χ1) is 22.9. The molecule has 0 amide bonds. The summed E-state index contributed by atoms with van der Waals surface area (Å²) in [5.41, 5.74) is 0.931. The molecule has 3 fully saturated rings. The van der Waals surface area contributed by atoms with E-state index in [1.165, 1.54) is 31.4 Å². The van der Waals surface area contributed by atoms with Crippen molar-refractivity contribution in [2.75, 3.05) is 12.4 Å². The molecule has 0 spiro atoms. The van der Waals surface area contributed by atoms with Crippen LogP contribution in [0.2, 0.25) is 0 Å². The number of carboxylic acids is 1. The van der Waals surface area contributed by atoms with Crippen LogP contribution < -0.4 is 10.1 Å². The van der Waals surface area contributed by atoms with E-state index in [0.29, 0.717) is 11.6 Å². The highest BCUT2D eigenvalue weighted by Gasteiger charge is 2.47. The fraction of sp³-hybridized carbons (Fsp3) is 0.286. The summed E-state index contributed by atoms with van der Waals surface area (Å²) >= 11 is 0. The Morgan fingerprint density at radius 2 is 1.65 bits per heavy atom. The number of rotatable bonds is 8. The number of aromatic nitrogens is 3. The van der Waals surface area contributed by atoms with Crippen LogP contribution >= 0.6 is 0 Å². The molecule has 0 aliphatic heterocycles. The number of fused-ring (bicyclic) bond motifs is 4. The lowest BCUT2D eigenvalue weighted by Crippen LogP contribution is -2.51. The van der Waals surface area contributed by atoms with Crippen molar-refractivity contribution in [2.24, 2.45) is 17.8 Å². The topological polar surface area (TPSA) is 123 Å². The van der Waals surface area contributed by atoms with Gasteiger partial charge in [-0.25, -0.2) is 35.5 Å². The van der Waals surface area contributed by atoms with E-state index >= 15 is 4.39 Å². The molecular formula is C35H31F3N4O5S. The van der Waals surface area contributed by atoms with Gasteiger partial charge in [0.15, 0.2) is 23.2 Å². The predicted molar refractivity (Wildman–Crippen MR) is 173 cm³/mol. The highest BCUT2D eigenvalue weighted by Crippen LogP contribution is 2.46. The Morgan fingerprint density at radius 1 is 0.938 bits per heavy atom. The number of hydrogen-bond acceptors (Lipinski definition) is 7. The molecule has 3 aliphatic rings. The second-order valence-corrected chi connectivity index (χ2v) is 14.3. The number of nitrogens with zero attached hydrogens (tertiary/aromatic N) is 3. The van der Waals surface area contributed by atoms with Gasteiger partial charge in [0.25, 0.3) is 10.0 Å². The SMILES string of the molecule is COc1ccc(-c2cc(NC3C4CCC(CC4)C3C(=O)O)nc(-c3cn(S(=O)(=O)c4ccc(C)cc4)c4c(F)cc(F)cc34)n2)cc1F. The van der Waals surface area contributed by atoms with Gasteiger partial charge in [-0.1, -0.05) is 17.7 Å². The van der Waals surface area contributed by atoms with Crippen LogP contribution in [0.15, 0.2) is 71.8 Å². The zero-order chi connectivity index (χ0) is 33.9. The molecule has 248 valence electrons. The second-order valence-electron chi connectivity index (χ2n) is 12.5. The Kier molecular flexibility index (Phi) is 7.89. The van der Waals surface area contributed by atoms with E-state index in [-0.39, 0.29) is 50.8 Å². The van der Waals surface area contributed by atoms with Crippen molar-refractivity contribution in [1.29, 1.82) is 0 Å². The first-order valence-electron chi connectivity index (χ1n) is 15.5. The number of benzene rings is 3. The van der Waals surface area contributed by atoms with Crippen molar-refractivity contribution in [1.82, 2.24) is 13.9 Å². The smallest absolute Gasteiger partial charge is 0.308 e. The molecule has 3 aliphatic carbocycles. The molecule has 2 heterocycles. The van der Waals surface area contributed by atoms with Gasteiger partial charge in [-0.2, -0.15) is 0 Å². The van der Waals surface area contributed by atoms with Gasteiger partial charge in [0.1, 0.15) is 17.2 Å². The molecule has 2 atom stereocenters. The Hall–Kier alpha value is -4.91. The van der Waals surface area contributed by atoms with Crippen LogP contribution in [0.25, 0.3) is 33.5 Å². The molecule has 9 nitrogen and oxygen atoms in total. The largest absolute Gasteiger partial charge is 0.494 e. The van der Waals surface area contributed by atoms with Gasteiger partial charge in [-0.3, -0.25) is 4.79 Å². The molecule has 2 N–H and O–H groups in total. The lowest BCUT2D eigenvalue weighted by atomic mass is 9.61. The van der Waals surface area contributed by atoms with E-state index in [0.717, 1.165) is 47.5 Å². The fourth-order valence-corrected chi connectivity index (χ4v) is 8.61. The van der Waals surface area contributed by atoms with E-state index < -0.39 is 50.9 Å². The average molecular weight is 677 g/mol. The zero-order valence-corrected chi connectivity index (χ0v) is 26.8. The minimum Gasteiger partial charge on any atom is -0.494 e. The van der Waals surface area contributed by atoms with E-state index in [4.69, 9.17) is 4.74 Å². The van der Waals surface area contributed by atoms with Crippen LogP contribution in [0, 0.1) is 42.1 Å². The summed E-state index contributed by atoms with van der Waals surface area (Å²) < 4.78 is 78.7. The minimum atomic E-state index is -4.38. The number of carbonyl (C=O) groups is 1. The highest BCUT2D eigenvalue weighted by atomic mass is 32.2. The van der Waals surface area contributed by atoms with Gasteiger partial charge in [-0.15, -0.1) is 0 Å². The third-order valence-corrected chi connectivity index (χ3v) is 11.3. The van der Waals surface area contributed by atoms with Gasteiger partial charge >= 0.3 is 5.97 Å².